The van der Waals surface area contributed by atoms with Crippen LogP contribution in [0.15, 0.2) is 28.7 Å². The lowest BCUT2D eigenvalue weighted by molar-refractivity contribution is -0.166. The molecular formula is C19H27NO4S. The molecule has 0 bridgehead atoms. The summed E-state index contributed by atoms with van der Waals surface area (Å²) < 4.78 is 11.7. The Labute approximate surface area is 153 Å². The van der Waals surface area contributed by atoms with Crippen LogP contribution in [0, 0.1) is 11.8 Å². The van der Waals surface area contributed by atoms with Crippen LogP contribution in [0.3, 0.4) is 0 Å². The van der Waals surface area contributed by atoms with Gasteiger partial charge in [0, 0.05) is 31.6 Å². The van der Waals surface area contributed by atoms with Gasteiger partial charge in [0.1, 0.15) is 0 Å². The summed E-state index contributed by atoms with van der Waals surface area (Å²) in [7, 11) is 0. The fourth-order valence-electron chi connectivity index (χ4n) is 3.26. The molecule has 1 aliphatic heterocycles. The molecule has 1 amide bonds. The predicted molar refractivity (Wildman–Crippen MR) is 97.2 cm³/mol. The van der Waals surface area contributed by atoms with Crippen molar-refractivity contribution in [2.75, 3.05) is 19.8 Å². The molecule has 0 unspecified atom stereocenters. The third-order valence-electron chi connectivity index (χ3n) is 4.81. The number of carbonyl (C=O) groups excluding carboxylic acids is 1. The topological polar surface area (TPSA) is 67.8 Å². The number of hydrogen-bond donors (Lipinski definition) is 2. The molecule has 1 aromatic rings. The van der Waals surface area contributed by atoms with Gasteiger partial charge in [0.2, 0.25) is 6.29 Å². The van der Waals surface area contributed by atoms with Gasteiger partial charge in [0.25, 0.3) is 5.91 Å². The van der Waals surface area contributed by atoms with Gasteiger partial charge < -0.3 is 19.9 Å². The van der Waals surface area contributed by atoms with Crippen molar-refractivity contribution >= 4 is 17.2 Å². The van der Waals surface area contributed by atoms with Gasteiger partial charge in [-0.15, -0.1) is 0 Å². The van der Waals surface area contributed by atoms with E-state index < -0.39 is 6.29 Å². The molecule has 2 aliphatic rings. The highest BCUT2D eigenvalue weighted by Gasteiger charge is 2.38. The molecule has 5 nitrogen and oxygen atoms in total. The van der Waals surface area contributed by atoms with E-state index in [1.54, 1.807) is 11.3 Å². The molecule has 1 fully saturated rings. The van der Waals surface area contributed by atoms with E-state index in [4.69, 9.17) is 9.47 Å². The standard InChI is InChI=1S/C19H27NO4S/c1-2-23-19-15(4-3-8-21)16(14-7-9-25-12-14)10-17(24-19)18(22)20-11-13-5-6-13/h7,9-10,12-13,15-16,19,21H,2-6,8,11H2,1H3,(H,20,22)/t15-,16+,19+/m1/s1. The van der Waals surface area contributed by atoms with Crippen molar-refractivity contribution in [3.63, 3.8) is 0 Å². The first-order valence-electron chi connectivity index (χ1n) is 9.14. The third-order valence-corrected chi connectivity index (χ3v) is 5.51. The Morgan fingerprint density at radius 3 is 2.96 bits per heavy atom. The summed E-state index contributed by atoms with van der Waals surface area (Å²) in [4.78, 5) is 12.5. The highest BCUT2D eigenvalue weighted by molar-refractivity contribution is 7.08. The van der Waals surface area contributed by atoms with Crippen molar-refractivity contribution in [1.82, 2.24) is 5.32 Å². The van der Waals surface area contributed by atoms with Crippen LogP contribution in [0.25, 0.3) is 0 Å². The number of thiophene rings is 1. The third kappa shape index (κ3) is 4.84. The van der Waals surface area contributed by atoms with E-state index in [0.717, 1.165) is 13.0 Å². The molecule has 1 saturated carbocycles. The predicted octanol–water partition coefficient (Wildman–Crippen LogP) is 3.02. The van der Waals surface area contributed by atoms with Crippen molar-refractivity contribution in [3.8, 4) is 0 Å². The molecule has 0 aromatic carbocycles. The second-order valence-electron chi connectivity index (χ2n) is 6.74. The average Bonchev–Trinajstić information content (AvgIpc) is 3.29. The number of rotatable bonds is 9. The number of aliphatic hydroxyl groups is 1. The molecule has 2 N–H and O–H groups in total. The van der Waals surface area contributed by atoms with E-state index in [2.05, 4.69) is 16.8 Å². The second kappa shape index (κ2) is 8.83. The second-order valence-corrected chi connectivity index (χ2v) is 7.52. The lowest BCUT2D eigenvalue weighted by atomic mass is 9.81. The summed E-state index contributed by atoms with van der Waals surface area (Å²) in [5, 5.41) is 16.4. The fraction of sp³-hybridized carbons (Fsp3) is 0.632. The number of nitrogens with one attached hydrogen (secondary N) is 1. The molecule has 3 rings (SSSR count). The van der Waals surface area contributed by atoms with Crippen LogP contribution in [0.1, 0.15) is 44.1 Å². The summed E-state index contributed by atoms with van der Waals surface area (Å²) in [5.74, 6) is 0.972. The summed E-state index contributed by atoms with van der Waals surface area (Å²) in [6, 6.07) is 2.09. The van der Waals surface area contributed by atoms with E-state index in [0.29, 0.717) is 24.7 Å². The summed E-state index contributed by atoms with van der Waals surface area (Å²) in [5.41, 5.74) is 1.17. The number of allylic oxidation sites excluding steroid dienone is 1. The zero-order valence-corrected chi connectivity index (χ0v) is 15.5. The van der Waals surface area contributed by atoms with E-state index in [1.165, 1.54) is 18.4 Å². The number of amides is 1. The van der Waals surface area contributed by atoms with Crippen LogP contribution in [-0.2, 0) is 14.3 Å². The maximum Gasteiger partial charge on any atom is 0.286 e. The minimum Gasteiger partial charge on any atom is -0.459 e. The van der Waals surface area contributed by atoms with Gasteiger partial charge in [-0.2, -0.15) is 11.3 Å². The van der Waals surface area contributed by atoms with Crippen molar-refractivity contribution in [2.45, 2.75) is 44.8 Å². The van der Waals surface area contributed by atoms with Crippen LogP contribution in [0.2, 0.25) is 0 Å². The maximum absolute atomic E-state index is 12.5. The molecule has 1 aliphatic carbocycles. The zero-order chi connectivity index (χ0) is 17.6. The van der Waals surface area contributed by atoms with Crippen molar-refractivity contribution < 1.29 is 19.4 Å². The van der Waals surface area contributed by atoms with Crippen LogP contribution in [-0.4, -0.2) is 37.1 Å². The smallest absolute Gasteiger partial charge is 0.286 e. The molecule has 0 radical (unpaired) electrons. The largest absolute Gasteiger partial charge is 0.459 e. The minimum atomic E-state index is -0.465. The zero-order valence-electron chi connectivity index (χ0n) is 14.6. The highest BCUT2D eigenvalue weighted by Crippen LogP contribution is 2.40. The minimum absolute atomic E-state index is 0.0600. The molecule has 1 aromatic heterocycles. The lowest BCUT2D eigenvalue weighted by Gasteiger charge is -2.36. The normalized spacial score (nSPS) is 26.0. The Balaban J connectivity index is 1.80. The fourth-order valence-corrected chi connectivity index (χ4v) is 3.96. The molecule has 2 heterocycles. The molecule has 138 valence electrons. The monoisotopic (exact) mass is 365 g/mol. The van der Waals surface area contributed by atoms with Gasteiger partial charge in [-0.1, -0.05) is 0 Å². The van der Waals surface area contributed by atoms with E-state index in [-0.39, 0.29) is 24.3 Å². The van der Waals surface area contributed by atoms with Crippen LogP contribution in [0.5, 0.6) is 0 Å². The molecular weight excluding hydrogens is 338 g/mol. The van der Waals surface area contributed by atoms with Crippen LogP contribution in [0.4, 0.5) is 0 Å². The lowest BCUT2D eigenvalue weighted by Crippen LogP contribution is -2.39. The summed E-state index contributed by atoms with van der Waals surface area (Å²) in [6.07, 6.45) is 5.34. The molecule has 0 spiro atoms. The molecule has 3 atom stereocenters. The highest BCUT2D eigenvalue weighted by atomic mass is 32.1. The van der Waals surface area contributed by atoms with Crippen LogP contribution < -0.4 is 5.32 Å². The summed E-state index contributed by atoms with van der Waals surface area (Å²) >= 11 is 1.64. The number of aliphatic hydroxyl groups excluding tert-OH is 1. The van der Waals surface area contributed by atoms with Gasteiger partial charge in [-0.3, -0.25) is 4.79 Å². The SMILES string of the molecule is CCO[C@H]1OC(C(=O)NCC2CC2)=C[C@@H](c2ccsc2)[C@H]1CCCO. The van der Waals surface area contributed by atoms with Gasteiger partial charge >= 0.3 is 0 Å². The van der Waals surface area contributed by atoms with E-state index in [1.807, 2.05) is 18.4 Å². The first-order chi connectivity index (χ1) is 12.2. The van der Waals surface area contributed by atoms with E-state index >= 15 is 0 Å². The number of ether oxygens (including phenoxy) is 2. The van der Waals surface area contributed by atoms with E-state index in [9.17, 15) is 9.90 Å². The van der Waals surface area contributed by atoms with Crippen molar-refractivity contribution in [3.05, 3.63) is 34.2 Å². The van der Waals surface area contributed by atoms with Gasteiger partial charge in [-0.25, -0.2) is 0 Å². The number of hydrogen-bond acceptors (Lipinski definition) is 5. The Morgan fingerprint density at radius 2 is 2.32 bits per heavy atom. The van der Waals surface area contributed by atoms with Crippen molar-refractivity contribution in [1.29, 1.82) is 0 Å². The first-order valence-corrected chi connectivity index (χ1v) is 10.1. The summed E-state index contributed by atoms with van der Waals surface area (Å²) in [6.45, 7) is 3.31. The molecule has 6 heteroatoms. The van der Waals surface area contributed by atoms with Gasteiger partial charge in [-0.05, 0) is 67.0 Å². The Kier molecular flexibility index (Phi) is 6.51. The maximum atomic E-state index is 12.5. The Bertz CT molecular complexity index is 582. The average molecular weight is 365 g/mol. The number of carbonyl (C=O) groups is 1. The van der Waals surface area contributed by atoms with Gasteiger partial charge in [0.15, 0.2) is 5.76 Å². The van der Waals surface area contributed by atoms with Gasteiger partial charge in [0.05, 0.1) is 0 Å². The quantitative estimate of drug-likeness (QED) is 0.706. The molecule has 25 heavy (non-hydrogen) atoms. The molecule has 0 saturated heterocycles. The Morgan fingerprint density at radius 1 is 1.48 bits per heavy atom. The van der Waals surface area contributed by atoms with Crippen molar-refractivity contribution in [2.24, 2.45) is 11.8 Å². The Hall–Kier alpha value is -1.37. The first kappa shape index (κ1) is 18.4. The van der Waals surface area contributed by atoms with Crippen LogP contribution >= 0.6 is 11.3 Å².